The Balaban J connectivity index is 1.68. The number of rotatable bonds is 8. The molecule has 0 unspecified atom stereocenters. The Labute approximate surface area is 170 Å². The maximum Gasteiger partial charge on any atom is 0.274 e. The molecule has 1 aliphatic carbocycles. The van der Waals surface area contributed by atoms with Crippen molar-refractivity contribution in [2.24, 2.45) is 0 Å². The Bertz CT molecular complexity index is 984. The van der Waals surface area contributed by atoms with Crippen LogP contribution in [0.25, 0.3) is 0 Å². The minimum atomic E-state index is -0.564. The van der Waals surface area contributed by atoms with Gasteiger partial charge in [0.05, 0.1) is 17.1 Å². The van der Waals surface area contributed by atoms with E-state index in [1.54, 1.807) is 24.3 Å². The fraction of sp³-hybridized carbons (Fsp3) is 0.211. The number of hydrogen-bond acceptors (Lipinski definition) is 7. The first-order valence-corrected chi connectivity index (χ1v) is 9.66. The van der Waals surface area contributed by atoms with Crippen LogP contribution in [0, 0.1) is 0 Å². The molecule has 150 valence electrons. The number of nitrogens with one attached hydrogen (secondary N) is 3. The number of allylic oxidation sites excluding steroid dienone is 2. The summed E-state index contributed by atoms with van der Waals surface area (Å²) in [4.78, 5) is 49.0. The molecule has 3 rings (SSSR count). The number of para-hydroxylation sites is 1. The van der Waals surface area contributed by atoms with Crippen molar-refractivity contribution in [1.29, 1.82) is 0 Å². The van der Waals surface area contributed by atoms with Crippen LogP contribution in [0.1, 0.15) is 31.3 Å². The topological polar surface area (TPSA) is 130 Å². The Hall–Kier alpha value is -3.24. The molecule has 0 radical (unpaired) electrons. The van der Waals surface area contributed by atoms with Crippen LogP contribution in [0.15, 0.2) is 41.3 Å². The van der Waals surface area contributed by atoms with Crippen LogP contribution in [0.2, 0.25) is 0 Å². The minimum absolute atomic E-state index is 0.0419. The lowest BCUT2D eigenvalue weighted by molar-refractivity contribution is -0.124. The largest absolute Gasteiger partial charge is 0.371 e. The number of aromatic amines is 1. The molecule has 0 spiro atoms. The molecule has 3 N–H and O–H groups in total. The first kappa shape index (κ1) is 20.5. The Morgan fingerprint density at radius 1 is 1.21 bits per heavy atom. The van der Waals surface area contributed by atoms with Crippen LogP contribution in [0.4, 0.5) is 5.69 Å². The second kappa shape index (κ2) is 9.30. The van der Waals surface area contributed by atoms with Crippen molar-refractivity contribution >= 4 is 40.8 Å². The fourth-order valence-electron chi connectivity index (χ4n) is 2.55. The predicted octanol–water partition coefficient (Wildman–Crippen LogP) is 1.42. The Kier molecular flexibility index (Phi) is 6.57. The van der Waals surface area contributed by atoms with Gasteiger partial charge in [0.2, 0.25) is 17.5 Å². The van der Waals surface area contributed by atoms with Crippen molar-refractivity contribution in [2.75, 3.05) is 31.3 Å². The van der Waals surface area contributed by atoms with Crippen molar-refractivity contribution < 1.29 is 23.9 Å². The Morgan fingerprint density at radius 2 is 1.97 bits per heavy atom. The van der Waals surface area contributed by atoms with Gasteiger partial charge < -0.3 is 15.4 Å². The number of aromatic nitrogens is 2. The summed E-state index contributed by atoms with van der Waals surface area (Å²) in [5.74, 6) is -1.37. The number of amides is 2. The standard InChI is InChI=1S/C19H18N4O5S/c1-20-14(25)10-28-7-8-29-13-9-12(24)16-15(18(13)26)17(23-22-16)19(27)21-11-5-3-2-4-6-11/h2-6,9H,7-8,10H2,1H3,(H,20,25)(H,21,27)(H,22,23). The van der Waals surface area contributed by atoms with E-state index in [2.05, 4.69) is 20.8 Å². The van der Waals surface area contributed by atoms with Gasteiger partial charge in [0.15, 0.2) is 0 Å². The second-order valence-electron chi connectivity index (χ2n) is 5.92. The molecular formula is C19H18N4O5S. The number of likely N-dealkylation sites (N-methyl/N-ethyl adjacent to an activating group) is 1. The van der Waals surface area contributed by atoms with Gasteiger partial charge in [-0.05, 0) is 12.1 Å². The monoisotopic (exact) mass is 414 g/mol. The Morgan fingerprint density at radius 3 is 2.69 bits per heavy atom. The number of carbonyl (C=O) groups is 4. The number of benzene rings is 1. The summed E-state index contributed by atoms with van der Waals surface area (Å²) in [5, 5.41) is 11.4. The smallest absolute Gasteiger partial charge is 0.274 e. The van der Waals surface area contributed by atoms with Gasteiger partial charge in [-0.25, -0.2) is 0 Å². The molecule has 1 aromatic carbocycles. The molecule has 1 heterocycles. The molecule has 0 saturated heterocycles. The van der Waals surface area contributed by atoms with E-state index in [0.29, 0.717) is 11.4 Å². The highest BCUT2D eigenvalue weighted by atomic mass is 32.2. The van der Waals surface area contributed by atoms with E-state index >= 15 is 0 Å². The third-order valence-corrected chi connectivity index (χ3v) is 4.95. The molecule has 0 aliphatic heterocycles. The van der Waals surface area contributed by atoms with Crippen LogP contribution in [-0.2, 0) is 9.53 Å². The third-order valence-electron chi connectivity index (χ3n) is 3.97. The van der Waals surface area contributed by atoms with Crippen LogP contribution in [-0.4, -0.2) is 59.6 Å². The second-order valence-corrected chi connectivity index (χ2v) is 7.06. The van der Waals surface area contributed by atoms with Gasteiger partial charge in [-0.3, -0.25) is 24.3 Å². The molecule has 0 atom stereocenters. The van der Waals surface area contributed by atoms with Crippen molar-refractivity contribution in [3.05, 3.63) is 58.3 Å². The van der Waals surface area contributed by atoms with Crippen molar-refractivity contribution in [2.45, 2.75) is 0 Å². The first-order chi connectivity index (χ1) is 14.0. The molecule has 0 bridgehead atoms. The molecule has 2 amide bonds. The molecule has 0 saturated carbocycles. The highest BCUT2D eigenvalue weighted by Gasteiger charge is 2.33. The van der Waals surface area contributed by atoms with Crippen LogP contribution < -0.4 is 10.6 Å². The predicted molar refractivity (Wildman–Crippen MR) is 107 cm³/mol. The summed E-state index contributed by atoms with van der Waals surface area (Å²) in [6.07, 6.45) is 1.20. The summed E-state index contributed by atoms with van der Waals surface area (Å²) in [5.41, 5.74) is 0.367. The summed E-state index contributed by atoms with van der Waals surface area (Å²) in [6, 6.07) is 8.73. The lowest BCUT2D eigenvalue weighted by Gasteiger charge is -2.12. The van der Waals surface area contributed by atoms with Crippen molar-refractivity contribution in [1.82, 2.24) is 15.5 Å². The number of thioether (sulfide) groups is 1. The van der Waals surface area contributed by atoms with Gasteiger partial charge in [-0.15, -0.1) is 11.8 Å². The maximum absolute atomic E-state index is 12.8. The molecule has 9 nitrogen and oxygen atoms in total. The van der Waals surface area contributed by atoms with Crippen molar-refractivity contribution in [3.8, 4) is 0 Å². The van der Waals surface area contributed by atoms with Gasteiger partial charge >= 0.3 is 0 Å². The average Bonchev–Trinajstić information content (AvgIpc) is 3.18. The van der Waals surface area contributed by atoms with E-state index < -0.39 is 17.5 Å². The quantitative estimate of drug-likeness (QED) is 0.557. The highest BCUT2D eigenvalue weighted by Crippen LogP contribution is 2.29. The van der Waals surface area contributed by atoms with Gasteiger partial charge in [0.25, 0.3) is 5.91 Å². The zero-order chi connectivity index (χ0) is 20.8. The summed E-state index contributed by atoms with van der Waals surface area (Å²) in [6.45, 7) is 0.134. The van der Waals surface area contributed by atoms with Gasteiger partial charge in [0.1, 0.15) is 18.0 Å². The number of fused-ring (bicyclic) bond motifs is 1. The van der Waals surface area contributed by atoms with Crippen LogP contribution >= 0.6 is 11.8 Å². The lowest BCUT2D eigenvalue weighted by Crippen LogP contribution is -2.24. The number of ketones is 2. The molecular weight excluding hydrogens is 396 g/mol. The number of carbonyl (C=O) groups excluding carboxylic acids is 4. The van der Waals surface area contributed by atoms with Gasteiger partial charge in [-0.1, -0.05) is 18.2 Å². The molecule has 1 aromatic heterocycles. The number of anilines is 1. The maximum atomic E-state index is 12.8. The highest BCUT2D eigenvalue weighted by molar-refractivity contribution is 8.04. The van der Waals surface area contributed by atoms with E-state index in [-0.39, 0.29) is 41.0 Å². The fourth-order valence-corrected chi connectivity index (χ4v) is 3.40. The summed E-state index contributed by atoms with van der Waals surface area (Å²) >= 11 is 1.12. The van der Waals surface area contributed by atoms with Gasteiger partial charge in [0, 0.05) is 24.6 Å². The summed E-state index contributed by atoms with van der Waals surface area (Å²) < 4.78 is 5.18. The zero-order valence-electron chi connectivity index (χ0n) is 15.5. The van der Waals surface area contributed by atoms with Crippen LogP contribution in [0.3, 0.4) is 0 Å². The van der Waals surface area contributed by atoms with E-state index in [4.69, 9.17) is 4.74 Å². The molecule has 1 aliphatic rings. The van der Waals surface area contributed by atoms with Crippen molar-refractivity contribution in [3.63, 3.8) is 0 Å². The molecule has 29 heavy (non-hydrogen) atoms. The lowest BCUT2D eigenvalue weighted by atomic mass is 9.99. The average molecular weight is 414 g/mol. The first-order valence-electron chi connectivity index (χ1n) is 8.68. The van der Waals surface area contributed by atoms with E-state index in [1.165, 1.54) is 13.1 Å². The molecule has 10 heteroatoms. The van der Waals surface area contributed by atoms with E-state index in [1.807, 2.05) is 6.07 Å². The number of Topliss-reactive ketones (excluding diaryl/α,β-unsaturated/α-hetero) is 1. The summed E-state index contributed by atoms with van der Waals surface area (Å²) in [7, 11) is 1.51. The molecule has 0 fully saturated rings. The molecule has 2 aromatic rings. The SMILES string of the molecule is CNC(=O)COCCSC1=CC(=O)c2n[nH]c(C(=O)Nc3ccccc3)c2C1=O. The number of ether oxygens (including phenoxy) is 1. The zero-order valence-corrected chi connectivity index (χ0v) is 16.3. The third kappa shape index (κ3) is 4.79. The van der Waals surface area contributed by atoms with E-state index in [9.17, 15) is 19.2 Å². The normalized spacial score (nSPS) is 12.9. The van der Waals surface area contributed by atoms with E-state index in [0.717, 1.165) is 11.8 Å². The van der Waals surface area contributed by atoms with Gasteiger partial charge in [-0.2, -0.15) is 5.10 Å². The number of hydrogen-bond donors (Lipinski definition) is 3. The minimum Gasteiger partial charge on any atom is -0.371 e. The number of nitrogens with zero attached hydrogens (tertiary/aromatic N) is 1. The van der Waals surface area contributed by atoms with Crippen LogP contribution in [0.5, 0.6) is 0 Å². The number of H-pyrrole nitrogens is 1.